The number of fused-ring (bicyclic) bond motifs is 5. The van der Waals surface area contributed by atoms with Crippen molar-refractivity contribution in [2.45, 2.75) is 49.1 Å². The number of imidazole rings is 1. The molecule has 0 amide bonds. The Morgan fingerprint density at radius 1 is 0.911 bits per heavy atom. The standard InChI is InChI=1S/C21H25N9O11P2S2/c22-15-7-1-2-29(16(7)25-5-24-15)19-12(32)13-9(39-19)4-37-43(35,45)41-14-11(31)8(3-36-42(34,44)40-13)38-20(14)30-6-26-10-17(30)27-21(23)28-18(10)33/h1-2,5-6,8-9,11-14,19-20,31-32H,3-4H2,(H,34,44)(H,35,45)(H2,22,24,25)(H3,23,27,28,33)/t8-,9-,11?,12+,13?,14+,19-,20-,42?,43?/m1/s1. The van der Waals surface area contributed by atoms with Crippen molar-refractivity contribution in [3.05, 3.63) is 35.3 Å². The summed E-state index contributed by atoms with van der Waals surface area (Å²) in [6, 6.07) is 1.63. The number of H-pyrrole nitrogens is 1. The fourth-order valence-electron chi connectivity index (χ4n) is 5.44. The van der Waals surface area contributed by atoms with Gasteiger partial charge in [-0.15, -0.1) is 0 Å². The highest BCUT2D eigenvalue weighted by atomic mass is 32.5. The van der Waals surface area contributed by atoms with Crippen LogP contribution in [0.15, 0.2) is 29.7 Å². The van der Waals surface area contributed by atoms with Gasteiger partial charge in [0.2, 0.25) is 5.95 Å². The highest BCUT2D eigenvalue weighted by Gasteiger charge is 2.52. The van der Waals surface area contributed by atoms with Crippen LogP contribution >= 0.6 is 13.4 Å². The SMILES string of the molecule is Nc1nc2c(ncn2[C@@H]2O[C@@H]3COP(O)(=S)OC4[C@@H](COP(O)(=S)O[C@H]2C3O)O[C@@H](n2ccc3c(N)ncnc32)[C@H]4O)c(=O)[nH]1. The van der Waals surface area contributed by atoms with Gasteiger partial charge in [-0.3, -0.25) is 23.4 Å². The number of nitrogens with one attached hydrogen (secondary N) is 1. The number of hydrogen-bond donors (Lipinski definition) is 7. The van der Waals surface area contributed by atoms with Crippen molar-refractivity contribution in [1.82, 2.24) is 34.1 Å². The largest absolute Gasteiger partial charge is 0.387 e. The number of nitrogens with zero attached hydrogens (tertiary/aromatic N) is 6. The topological polar surface area (TPSA) is 283 Å². The van der Waals surface area contributed by atoms with Crippen LogP contribution in [0.1, 0.15) is 12.5 Å². The van der Waals surface area contributed by atoms with Crippen molar-refractivity contribution in [3.8, 4) is 0 Å². The molecule has 4 aromatic rings. The van der Waals surface area contributed by atoms with Gasteiger partial charge in [-0.25, -0.2) is 15.0 Å². The number of aromatic nitrogens is 7. The van der Waals surface area contributed by atoms with Crippen LogP contribution in [-0.4, -0.2) is 104 Å². The third-order valence-corrected chi connectivity index (χ3v) is 10.6. The Morgan fingerprint density at radius 3 is 2.36 bits per heavy atom. The van der Waals surface area contributed by atoms with E-state index in [1.807, 2.05) is 0 Å². The summed E-state index contributed by atoms with van der Waals surface area (Å²) in [5, 5.41) is 23.0. The first-order valence-corrected chi connectivity index (χ1v) is 18.3. The van der Waals surface area contributed by atoms with E-state index in [1.165, 1.54) is 21.8 Å². The third kappa shape index (κ3) is 5.59. The molecule has 7 heterocycles. The van der Waals surface area contributed by atoms with Gasteiger partial charge < -0.3 is 54.6 Å². The van der Waals surface area contributed by atoms with Gasteiger partial charge in [0.15, 0.2) is 23.6 Å². The first-order valence-electron chi connectivity index (χ1n) is 13.1. The Labute approximate surface area is 261 Å². The minimum absolute atomic E-state index is 0.0145. The lowest BCUT2D eigenvalue weighted by Gasteiger charge is -2.28. The first kappa shape index (κ1) is 31.1. The van der Waals surface area contributed by atoms with Gasteiger partial charge in [0.25, 0.3) is 5.56 Å². The molecule has 2 bridgehead atoms. The van der Waals surface area contributed by atoms with Crippen LogP contribution in [0.3, 0.4) is 0 Å². The average Bonchev–Trinajstić information content (AvgIpc) is 3.72. The summed E-state index contributed by atoms with van der Waals surface area (Å²) < 4.78 is 37.4. The number of hydrogen-bond acceptors (Lipinski definition) is 17. The molecular weight excluding hydrogens is 680 g/mol. The molecule has 4 unspecified atom stereocenters. The van der Waals surface area contributed by atoms with Crippen LogP contribution < -0.4 is 17.0 Å². The van der Waals surface area contributed by atoms with Gasteiger partial charge in [-0.1, -0.05) is 0 Å². The Morgan fingerprint density at radius 2 is 1.60 bits per heavy atom. The fourth-order valence-corrected chi connectivity index (χ4v) is 8.29. The summed E-state index contributed by atoms with van der Waals surface area (Å²) in [7, 11) is 0. The van der Waals surface area contributed by atoms with Crippen molar-refractivity contribution in [2.24, 2.45) is 0 Å². The molecule has 0 radical (unpaired) electrons. The molecular formula is C21H25N9O11P2S2. The van der Waals surface area contributed by atoms with Crippen molar-refractivity contribution >= 4 is 71.0 Å². The van der Waals surface area contributed by atoms with Crippen molar-refractivity contribution in [1.29, 1.82) is 0 Å². The molecule has 3 fully saturated rings. The lowest BCUT2D eigenvalue weighted by Crippen LogP contribution is -2.36. The van der Waals surface area contributed by atoms with Crippen LogP contribution in [0.2, 0.25) is 0 Å². The van der Waals surface area contributed by atoms with E-state index in [-0.39, 0.29) is 22.9 Å². The van der Waals surface area contributed by atoms with Crippen LogP contribution in [0, 0.1) is 0 Å². The minimum atomic E-state index is -4.22. The molecule has 3 saturated heterocycles. The smallest absolute Gasteiger partial charge is 0.325 e. The van der Waals surface area contributed by atoms with E-state index in [2.05, 4.69) is 24.9 Å². The Kier molecular flexibility index (Phi) is 7.82. The van der Waals surface area contributed by atoms with E-state index < -0.39 is 81.3 Å². The number of anilines is 2. The first-order chi connectivity index (χ1) is 21.3. The number of nitrogen functional groups attached to an aromatic ring is 2. The molecule has 45 heavy (non-hydrogen) atoms. The Bertz CT molecular complexity index is 1940. The zero-order chi connectivity index (χ0) is 31.8. The van der Waals surface area contributed by atoms with Gasteiger partial charge in [0.1, 0.15) is 54.4 Å². The van der Waals surface area contributed by atoms with E-state index >= 15 is 0 Å². The lowest BCUT2D eigenvalue weighted by atomic mass is 10.1. The Hall–Kier alpha value is -2.53. The average molecular weight is 706 g/mol. The second kappa shape index (κ2) is 11.3. The number of nitrogens with two attached hydrogens (primary N) is 2. The monoisotopic (exact) mass is 705 g/mol. The fraction of sp³-hybridized carbons (Fsp3) is 0.476. The van der Waals surface area contributed by atoms with E-state index in [1.54, 1.807) is 12.3 Å². The van der Waals surface area contributed by atoms with Gasteiger partial charge >= 0.3 is 13.4 Å². The van der Waals surface area contributed by atoms with Crippen molar-refractivity contribution in [2.75, 3.05) is 24.7 Å². The highest BCUT2D eigenvalue weighted by Crippen LogP contribution is 2.54. The third-order valence-electron chi connectivity index (χ3n) is 7.47. The molecule has 3 aliphatic heterocycles. The number of aliphatic hydroxyl groups is 2. The second-order valence-electron chi connectivity index (χ2n) is 10.3. The predicted octanol–water partition coefficient (Wildman–Crippen LogP) is -1.50. The van der Waals surface area contributed by atoms with Gasteiger partial charge in [-0.2, -0.15) is 4.98 Å². The summed E-state index contributed by atoms with van der Waals surface area (Å²) in [6.45, 7) is -9.43. The molecule has 0 aromatic carbocycles. The van der Waals surface area contributed by atoms with Crippen LogP contribution in [0.25, 0.3) is 22.2 Å². The molecule has 4 aromatic heterocycles. The second-order valence-corrected chi connectivity index (χ2v) is 15.9. The summed E-state index contributed by atoms with van der Waals surface area (Å²) in [5.74, 6) is -0.00529. The zero-order valence-electron chi connectivity index (χ0n) is 22.5. The van der Waals surface area contributed by atoms with Gasteiger partial charge in [0, 0.05) is 6.20 Å². The van der Waals surface area contributed by atoms with Crippen LogP contribution in [-0.2, 0) is 51.2 Å². The maximum atomic E-state index is 12.3. The van der Waals surface area contributed by atoms with Crippen LogP contribution in [0.5, 0.6) is 0 Å². The minimum Gasteiger partial charge on any atom is -0.387 e. The molecule has 24 heteroatoms. The summed E-state index contributed by atoms with van der Waals surface area (Å²) in [6.07, 6.45) is -6.60. The quantitative estimate of drug-likeness (QED) is 0.117. The molecule has 9 N–H and O–H groups in total. The summed E-state index contributed by atoms with van der Waals surface area (Å²) in [5.41, 5.74) is 11.3. The van der Waals surface area contributed by atoms with E-state index in [4.69, 9.17) is 62.6 Å². The maximum absolute atomic E-state index is 12.3. The molecule has 10 atom stereocenters. The number of ether oxygens (including phenoxy) is 2. The van der Waals surface area contributed by atoms with Gasteiger partial charge in [-0.05, 0) is 29.7 Å². The molecule has 3 aliphatic rings. The predicted molar refractivity (Wildman–Crippen MR) is 159 cm³/mol. The molecule has 20 nitrogen and oxygen atoms in total. The Balaban J connectivity index is 1.21. The van der Waals surface area contributed by atoms with Crippen LogP contribution in [0.4, 0.5) is 11.8 Å². The lowest BCUT2D eigenvalue weighted by molar-refractivity contribution is -0.0606. The van der Waals surface area contributed by atoms with E-state index in [0.29, 0.717) is 11.0 Å². The van der Waals surface area contributed by atoms with E-state index in [0.717, 1.165) is 0 Å². The molecule has 242 valence electrons. The zero-order valence-corrected chi connectivity index (χ0v) is 26.0. The molecule has 0 saturated carbocycles. The maximum Gasteiger partial charge on any atom is 0.325 e. The van der Waals surface area contributed by atoms with Crippen molar-refractivity contribution in [3.63, 3.8) is 0 Å². The molecule has 0 aliphatic carbocycles. The van der Waals surface area contributed by atoms with Gasteiger partial charge in [0.05, 0.1) is 24.9 Å². The van der Waals surface area contributed by atoms with Crippen molar-refractivity contribution < 1.29 is 47.6 Å². The normalized spacial score (nSPS) is 37.7. The molecule has 7 rings (SSSR count). The number of aliphatic hydroxyl groups excluding tert-OH is 2. The highest BCUT2D eigenvalue weighted by molar-refractivity contribution is 8.07. The number of rotatable bonds is 2. The summed E-state index contributed by atoms with van der Waals surface area (Å²) in [4.78, 5) is 53.1. The van der Waals surface area contributed by atoms with E-state index in [9.17, 15) is 24.8 Å². The summed E-state index contributed by atoms with van der Waals surface area (Å²) >= 11 is 10.5. The molecule has 0 spiro atoms. The number of aromatic amines is 1.